The van der Waals surface area contributed by atoms with Gasteiger partial charge in [0.05, 0.1) is 60.2 Å². The molecule has 10 aliphatic heterocycles. The molecule has 14 heterocycles. The molecule has 3 aromatic carbocycles. The van der Waals surface area contributed by atoms with Crippen molar-refractivity contribution in [2.75, 3.05) is 195 Å². The van der Waals surface area contributed by atoms with E-state index in [2.05, 4.69) is 199 Å². The molecule has 10 aliphatic rings. The normalized spacial score (nSPS) is 22.2. The molecule has 7 aromatic rings. The first kappa shape index (κ1) is 84.4. The van der Waals surface area contributed by atoms with Gasteiger partial charge in [-0.1, -0.05) is 63.1 Å². The summed E-state index contributed by atoms with van der Waals surface area (Å²) in [6, 6.07) is 23.1. The molecule has 29 nitrogen and oxygen atoms in total. The van der Waals surface area contributed by atoms with Crippen LogP contribution in [0.4, 0.5) is 34.5 Å². The highest BCUT2D eigenvalue weighted by atomic mass is 16.5. The van der Waals surface area contributed by atoms with Crippen LogP contribution >= 0.6 is 0 Å². The van der Waals surface area contributed by atoms with Crippen molar-refractivity contribution in [3.8, 4) is 23.8 Å². The summed E-state index contributed by atoms with van der Waals surface area (Å²) in [4.78, 5) is 104. The average molecular weight is 1640 g/mol. The van der Waals surface area contributed by atoms with Crippen LogP contribution in [0, 0.1) is 39.5 Å². The molecule has 0 N–H and O–H groups in total. The zero-order valence-electron chi connectivity index (χ0n) is 71.5. The summed E-state index contributed by atoms with van der Waals surface area (Å²) in [5.41, 5.74) is 14.9. The van der Waals surface area contributed by atoms with Gasteiger partial charge >= 0.3 is 18.0 Å². The van der Waals surface area contributed by atoms with Gasteiger partial charge < -0.3 is 91.9 Å². The van der Waals surface area contributed by atoms with Crippen molar-refractivity contribution in [2.45, 2.75) is 134 Å². The maximum absolute atomic E-state index is 12.5. The monoisotopic (exact) mass is 1640 g/mol. The lowest BCUT2D eigenvalue weighted by Gasteiger charge is -2.41. The number of fused-ring (bicyclic) bond motifs is 5. The standard InChI is InChI=1S/C31H38N8O2.C31H41N7O2.C30H37N7O3/c1-5-28(40)39-17-16-38(19-24(39)18-32-2)30-25-12-15-37(27-10-6-8-22-11-14-36(4)29(22)27)20-26(25)33-31(34-30)41-21-23-9-7-13-35(23)3;1-7-29(39)38-14-13-37(18-25(38)16-32-5)30-26-11-12-36(28-10-8-9-22(3)23(28)4)19-27(26)33-31(34-30)40-20-24-15-21(2)17-35(24)6;1-4-27(38)37-15-14-36(18-23(37)17-31-2)29-24-10-13-35(26-9-5-7-21-11-16-39-28(21)26)19-25(24)32-30(33-29)40-20-22-8-6-12-34(22)3/h5-6,8,10-11,14,23-24H,1,7,9,12-13,15-21H2,3-4H3;7-10,21,24-25H,1,11-20H2,2-4,6H3;4-5,7,9,22-23H,1,6,8,10-20H2,3H3/t23-,24-;21-,24+,25+;22-,23-/m010/s1. The van der Waals surface area contributed by atoms with Gasteiger partial charge in [-0.3, -0.25) is 19.3 Å². The Morgan fingerprint density at radius 3 is 1.35 bits per heavy atom. The number of piperazine rings is 3. The van der Waals surface area contributed by atoms with E-state index in [9.17, 15) is 14.4 Å². The highest BCUT2D eigenvalue weighted by molar-refractivity contribution is 5.93. The van der Waals surface area contributed by atoms with Crippen LogP contribution in [-0.4, -0.2) is 283 Å². The first-order valence-electron chi connectivity index (χ1n) is 43.1. The molecule has 3 amide bonds. The Morgan fingerprint density at radius 1 is 0.479 bits per heavy atom. The van der Waals surface area contributed by atoms with Crippen LogP contribution in [0.5, 0.6) is 23.8 Å². The summed E-state index contributed by atoms with van der Waals surface area (Å²) in [6.45, 7) is 56.0. The van der Waals surface area contributed by atoms with E-state index in [-0.39, 0.29) is 55.5 Å². The minimum Gasteiger partial charge on any atom is -0.491 e. The van der Waals surface area contributed by atoms with Gasteiger partial charge in [-0.05, 0) is 165 Å². The Morgan fingerprint density at radius 2 is 0.909 bits per heavy atom. The van der Waals surface area contributed by atoms with E-state index in [0.29, 0.717) is 140 Å². The number of hydrogen-bond acceptors (Lipinski definition) is 22. The largest absolute Gasteiger partial charge is 0.491 e. The Balaban J connectivity index is 0.000000141. The van der Waals surface area contributed by atoms with Crippen LogP contribution in [0.3, 0.4) is 0 Å². The molecular weight excluding hydrogens is 1530 g/mol. The number of nitrogens with zero attached hydrogens (tertiary/aromatic N) is 22. The lowest BCUT2D eigenvalue weighted by atomic mass is 10.0. The fourth-order valence-electron chi connectivity index (χ4n) is 19.5. The molecule has 0 saturated carbocycles. The Kier molecular flexibility index (Phi) is 26.5. The molecule has 0 radical (unpaired) electrons. The Hall–Kier alpha value is -11.6. The molecule has 17 rings (SSSR count). The third-order valence-corrected chi connectivity index (χ3v) is 26.3. The van der Waals surface area contributed by atoms with E-state index in [0.717, 1.165) is 153 Å². The summed E-state index contributed by atoms with van der Waals surface area (Å²) in [6.07, 6.45) is 15.2. The van der Waals surface area contributed by atoms with Gasteiger partial charge in [0.25, 0.3) is 0 Å². The fourth-order valence-corrected chi connectivity index (χ4v) is 19.5. The van der Waals surface area contributed by atoms with Crippen molar-refractivity contribution in [1.29, 1.82) is 0 Å². The van der Waals surface area contributed by atoms with E-state index in [1.807, 2.05) is 0 Å². The number of likely N-dealkylation sites (tertiary alicyclic amines) is 3. The molecule has 0 bridgehead atoms. The van der Waals surface area contributed by atoms with Crippen LogP contribution in [0.2, 0.25) is 0 Å². The zero-order chi connectivity index (χ0) is 84.5. The lowest BCUT2D eigenvalue weighted by Crippen LogP contribution is -2.56. The van der Waals surface area contributed by atoms with Gasteiger partial charge in [-0.2, -0.15) is 29.9 Å². The maximum atomic E-state index is 12.5. The minimum absolute atomic E-state index is 0.124. The summed E-state index contributed by atoms with van der Waals surface area (Å²) >= 11 is 0. The highest BCUT2D eigenvalue weighted by Gasteiger charge is 2.41. The number of benzene rings is 3. The average Bonchev–Trinajstić information content (AvgIpc) is 1.75. The number of para-hydroxylation sites is 2. The molecule has 6 fully saturated rings. The predicted molar refractivity (Wildman–Crippen MR) is 471 cm³/mol. The van der Waals surface area contributed by atoms with E-state index in [1.54, 1.807) is 14.7 Å². The zero-order valence-corrected chi connectivity index (χ0v) is 71.5. The van der Waals surface area contributed by atoms with E-state index in [1.165, 1.54) is 70.0 Å². The number of aromatic nitrogens is 7. The molecule has 121 heavy (non-hydrogen) atoms. The third-order valence-electron chi connectivity index (χ3n) is 26.3. The van der Waals surface area contributed by atoms with Crippen molar-refractivity contribution in [3.63, 3.8) is 0 Å². The molecule has 6 saturated heterocycles. The SMILES string of the molecule is [C-]#[N+]C[C@H]1CN(c2nc(OC[C@@H]3CCCN3C)nc3c2CCN(c2cccc4c2OCC4)C3)CCN1C(=O)C=C.[C-]#[N+]C[C@H]1CN(c2nc(OC[C@@H]3CCCN3C)nc3c2CCN(c2cccc4ccn(C)c24)C3)CCN1C(=O)C=C.[C-]#[N+]C[C@H]1CN(c2nc(OC[C@@H]3C[C@@H](C)CN3C)nc3c2CCN(c2cccc(C)c2C)C3)CCN1C(=O)C=C. The van der Waals surface area contributed by atoms with Gasteiger partial charge in [-0.15, -0.1) is 0 Å². The summed E-state index contributed by atoms with van der Waals surface area (Å²) < 4.78 is 27.1. The quantitative estimate of drug-likeness (QED) is 0.0483. The molecule has 4 aromatic heterocycles. The molecule has 0 spiro atoms. The number of likely N-dealkylation sites (N-methyl/N-ethyl adjacent to an activating group) is 3. The van der Waals surface area contributed by atoms with Crippen molar-refractivity contribution in [1.82, 2.24) is 63.9 Å². The van der Waals surface area contributed by atoms with Crippen LogP contribution in [0.1, 0.15) is 89.5 Å². The summed E-state index contributed by atoms with van der Waals surface area (Å²) in [7, 11) is 8.52. The number of hydrogen-bond donors (Lipinski definition) is 0. The minimum atomic E-state index is -0.219. The molecule has 29 heteroatoms. The molecule has 0 unspecified atom stereocenters. The lowest BCUT2D eigenvalue weighted by molar-refractivity contribution is -0.129. The van der Waals surface area contributed by atoms with Gasteiger partial charge in [0.15, 0.2) is 0 Å². The van der Waals surface area contributed by atoms with Crippen LogP contribution in [-0.2, 0) is 66.7 Å². The molecule has 0 aliphatic carbocycles. The van der Waals surface area contributed by atoms with Crippen LogP contribution < -0.4 is 48.3 Å². The molecule has 7 atom stereocenters. The number of aryl methyl sites for hydroxylation is 2. The van der Waals surface area contributed by atoms with Crippen molar-refractivity contribution in [3.05, 3.63) is 190 Å². The van der Waals surface area contributed by atoms with Crippen LogP contribution in [0.25, 0.3) is 25.4 Å². The van der Waals surface area contributed by atoms with Crippen molar-refractivity contribution in [2.24, 2.45) is 13.0 Å². The van der Waals surface area contributed by atoms with Crippen molar-refractivity contribution < 1.29 is 33.3 Å². The van der Waals surface area contributed by atoms with Crippen LogP contribution in [0.15, 0.2) is 105 Å². The summed E-state index contributed by atoms with van der Waals surface area (Å²) in [5.74, 6) is 3.89. The van der Waals surface area contributed by atoms with Gasteiger partial charge in [-0.25, -0.2) is 19.7 Å². The number of carbonyl (C=O) groups excluding carboxylic acids is 3. The number of anilines is 6. The highest BCUT2D eigenvalue weighted by Crippen LogP contribution is 2.42. The maximum Gasteiger partial charge on any atom is 0.318 e. The van der Waals surface area contributed by atoms with Gasteiger partial charge in [0, 0.05) is 151 Å². The second-order valence-corrected chi connectivity index (χ2v) is 34.0. The first-order chi connectivity index (χ1) is 58.8. The van der Waals surface area contributed by atoms with E-state index in [4.69, 9.17) is 68.6 Å². The number of amides is 3. The second kappa shape index (κ2) is 38.0. The van der Waals surface area contributed by atoms with Gasteiger partial charge in [0.2, 0.25) is 37.4 Å². The van der Waals surface area contributed by atoms with Crippen molar-refractivity contribution >= 4 is 63.1 Å². The molecule has 636 valence electrons. The second-order valence-electron chi connectivity index (χ2n) is 34.0. The number of rotatable bonds is 21. The van der Waals surface area contributed by atoms with E-state index < -0.39 is 0 Å². The Bertz CT molecular complexity index is 5110. The predicted octanol–water partition coefficient (Wildman–Crippen LogP) is 9.19. The summed E-state index contributed by atoms with van der Waals surface area (Å²) in [5, 5.41) is 1.22. The smallest absolute Gasteiger partial charge is 0.318 e. The number of carbonyl (C=O) groups is 3. The topological polar surface area (TPSA) is 222 Å². The molecular formula is C92H116N22O7. The first-order valence-corrected chi connectivity index (χ1v) is 43.1. The fraction of sp³-hybridized carbons (Fsp3) is 0.522. The Labute approximate surface area is 712 Å². The third kappa shape index (κ3) is 18.5. The van der Waals surface area contributed by atoms with Gasteiger partial charge in [0.1, 0.15) is 61.1 Å². The number of ether oxygens (including phenoxy) is 4. The van der Waals surface area contributed by atoms with E-state index >= 15 is 0 Å².